The van der Waals surface area contributed by atoms with Crippen LogP contribution in [-0.4, -0.2) is 26.8 Å². The molecule has 1 aliphatic rings. The van der Waals surface area contributed by atoms with Crippen LogP contribution in [0.25, 0.3) is 11.8 Å². The van der Waals surface area contributed by atoms with Crippen molar-refractivity contribution < 1.29 is 23.7 Å². The van der Waals surface area contributed by atoms with Crippen LogP contribution in [0.3, 0.4) is 0 Å². The van der Waals surface area contributed by atoms with E-state index in [1.54, 1.807) is 38.5 Å². The van der Waals surface area contributed by atoms with Gasteiger partial charge in [-0.15, -0.1) is 0 Å². The van der Waals surface area contributed by atoms with Crippen molar-refractivity contribution in [1.82, 2.24) is 0 Å². The van der Waals surface area contributed by atoms with Gasteiger partial charge in [-0.25, -0.2) is 4.79 Å². The van der Waals surface area contributed by atoms with Gasteiger partial charge in [-0.2, -0.15) is 0 Å². The molecule has 0 radical (unpaired) electrons. The van der Waals surface area contributed by atoms with Crippen LogP contribution < -0.4 is 14.2 Å². The molecule has 134 valence electrons. The summed E-state index contributed by atoms with van der Waals surface area (Å²) in [5, 5.41) is 0. The lowest BCUT2D eigenvalue weighted by Crippen LogP contribution is -1.98. The predicted octanol–water partition coefficient (Wildman–Crippen LogP) is 4.08. The number of hydrogen-bond donors (Lipinski definition) is 0. The first-order valence-electron chi connectivity index (χ1n) is 8.25. The van der Waals surface area contributed by atoms with E-state index < -0.39 is 0 Å². The van der Waals surface area contributed by atoms with Crippen molar-refractivity contribution in [2.24, 2.45) is 0 Å². The fourth-order valence-electron chi connectivity index (χ4n) is 2.63. The number of carbonyl (C=O) groups is 1. The Bertz CT molecular complexity index is 862. The van der Waals surface area contributed by atoms with Gasteiger partial charge < -0.3 is 18.9 Å². The molecule has 0 amide bonds. The molecule has 0 saturated heterocycles. The van der Waals surface area contributed by atoms with Gasteiger partial charge >= 0.3 is 5.97 Å². The van der Waals surface area contributed by atoms with Crippen molar-refractivity contribution in [3.8, 4) is 17.2 Å². The van der Waals surface area contributed by atoms with Gasteiger partial charge in [-0.1, -0.05) is 12.1 Å². The summed E-state index contributed by atoms with van der Waals surface area (Å²) in [6.07, 6.45) is 3.51. The standard InChI is InChI=1S/C21H20O5/c1-4-25-17-8-5-14(6-9-17)11-16-13-19(26-21(16)22)15-7-10-18(23-2)20(12-15)24-3/h5-13H,4H2,1-3H3/b16-11+. The molecular formula is C21H20O5. The third-order valence-corrected chi connectivity index (χ3v) is 3.91. The summed E-state index contributed by atoms with van der Waals surface area (Å²) in [4.78, 5) is 12.2. The molecule has 0 bridgehead atoms. The molecule has 5 heteroatoms. The predicted molar refractivity (Wildman–Crippen MR) is 99.2 cm³/mol. The summed E-state index contributed by atoms with van der Waals surface area (Å²) < 4.78 is 21.3. The highest BCUT2D eigenvalue weighted by Crippen LogP contribution is 2.34. The lowest BCUT2D eigenvalue weighted by molar-refractivity contribution is -0.130. The normalized spacial score (nSPS) is 14.8. The van der Waals surface area contributed by atoms with Crippen LogP contribution in [0, 0.1) is 0 Å². The molecule has 0 aromatic heterocycles. The fraction of sp³-hybridized carbons (Fsp3) is 0.190. The topological polar surface area (TPSA) is 54.0 Å². The van der Waals surface area contributed by atoms with Crippen molar-refractivity contribution in [2.45, 2.75) is 6.92 Å². The molecule has 1 aliphatic heterocycles. The molecule has 0 N–H and O–H groups in total. The largest absolute Gasteiger partial charge is 0.494 e. The summed E-state index contributed by atoms with van der Waals surface area (Å²) in [6.45, 7) is 2.55. The summed E-state index contributed by atoms with van der Waals surface area (Å²) >= 11 is 0. The number of methoxy groups -OCH3 is 2. The first kappa shape index (κ1) is 17.6. The highest BCUT2D eigenvalue weighted by atomic mass is 16.5. The van der Waals surface area contributed by atoms with E-state index in [1.165, 1.54) is 0 Å². The highest BCUT2D eigenvalue weighted by molar-refractivity contribution is 6.05. The van der Waals surface area contributed by atoms with Crippen molar-refractivity contribution >= 4 is 17.8 Å². The molecule has 0 saturated carbocycles. The second-order valence-electron chi connectivity index (χ2n) is 5.57. The van der Waals surface area contributed by atoms with Gasteiger partial charge in [0.2, 0.25) is 0 Å². The average molecular weight is 352 g/mol. The van der Waals surface area contributed by atoms with Crippen LogP contribution >= 0.6 is 0 Å². The zero-order valence-corrected chi connectivity index (χ0v) is 14.9. The Morgan fingerprint density at radius 1 is 1.00 bits per heavy atom. The van der Waals surface area contributed by atoms with Gasteiger partial charge in [0.15, 0.2) is 11.5 Å². The number of cyclic esters (lactones) is 1. The lowest BCUT2D eigenvalue weighted by Gasteiger charge is -2.09. The van der Waals surface area contributed by atoms with Gasteiger partial charge in [0, 0.05) is 5.56 Å². The second kappa shape index (κ2) is 7.78. The minimum absolute atomic E-state index is 0.385. The highest BCUT2D eigenvalue weighted by Gasteiger charge is 2.22. The van der Waals surface area contributed by atoms with E-state index in [0.29, 0.717) is 29.4 Å². The van der Waals surface area contributed by atoms with Crippen molar-refractivity contribution in [3.05, 3.63) is 65.2 Å². The van der Waals surface area contributed by atoms with Gasteiger partial charge in [-0.3, -0.25) is 0 Å². The van der Waals surface area contributed by atoms with E-state index in [-0.39, 0.29) is 5.97 Å². The maximum atomic E-state index is 12.2. The van der Waals surface area contributed by atoms with Gasteiger partial charge in [0.1, 0.15) is 11.5 Å². The molecular weight excluding hydrogens is 332 g/mol. The first-order valence-corrected chi connectivity index (χ1v) is 8.25. The number of carbonyl (C=O) groups excluding carboxylic acids is 1. The Morgan fingerprint density at radius 2 is 1.73 bits per heavy atom. The summed E-state index contributed by atoms with van der Waals surface area (Å²) in [6, 6.07) is 12.9. The zero-order chi connectivity index (χ0) is 18.5. The molecule has 0 aliphatic carbocycles. The minimum Gasteiger partial charge on any atom is -0.494 e. The van der Waals surface area contributed by atoms with Crippen LogP contribution in [0.15, 0.2) is 54.1 Å². The van der Waals surface area contributed by atoms with Crippen molar-refractivity contribution in [2.75, 3.05) is 20.8 Å². The molecule has 3 rings (SSSR count). The van der Waals surface area contributed by atoms with E-state index in [4.69, 9.17) is 18.9 Å². The first-order chi connectivity index (χ1) is 12.6. The summed E-state index contributed by atoms with van der Waals surface area (Å²) in [5.74, 6) is 2.08. The maximum Gasteiger partial charge on any atom is 0.343 e. The number of benzene rings is 2. The van der Waals surface area contributed by atoms with Crippen LogP contribution in [0.4, 0.5) is 0 Å². The molecule has 0 fully saturated rings. The molecule has 26 heavy (non-hydrogen) atoms. The van der Waals surface area contributed by atoms with Crippen LogP contribution in [0.5, 0.6) is 17.2 Å². The summed E-state index contributed by atoms with van der Waals surface area (Å²) in [7, 11) is 3.14. The monoisotopic (exact) mass is 352 g/mol. The molecule has 1 heterocycles. The van der Waals surface area contributed by atoms with Crippen LogP contribution in [0.2, 0.25) is 0 Å². The van der Waals surface area contributed by atoms with Crippen molar-refractivity contribution in [3.63, 3.8) is 0 Å². The van der Waals surface area contributed by atoms with Gasteiger partial charge in [0.05, 0.1) is 26.4 Å². The Labute approximate surface area is 152 Å². The maximum absolute atomic E-state index is 12.2. The average Bonchev–Trinajstić information content (AvgIpc) is 3.03. The van der Waals surface area contributed by atoms with E-state index in [9.17, 15) is 4.79 Å². The Kier molecular flexibility index (Phi) is 5.27. The van der Waals surface area contributed by atoms with Crippen LogP contribution in [0.1, 0.15) is 18.1 Å². The van der Waals surface area contributed by atoms with E-state index in [1.807, 2.05) is 37.3 Å². The molecule has 2 aromatic rings. The number of hydrogen-bond acceptors (Lipinski definition) is 5. The molecule has 0 unspecified atom stereocenters. The molecule has 0 spiro atoms. The Hall–Kier alpha value is -3.21. The Balaban J connectivity index is 1.86. The van der Waals surface area contributed by atoms with Crippen LogP contribution in [-0.2, 0) is 9.53 Å². The number of ether oxygens (including phenoxy) is 4. The van der Waals surface area contributed by atoms with Gasteiger partial charge in [0.25, 0.3) is 0 Å². The van der Waals surface area contributed by atoms with Gasteiger partial charge in [-0.05, 0) is 55.0 Å². The number of rotatable bonds is 6. The molecule has 2 aromatic carbocycles. The zero-order valence-electron chi connectivity index (χ0n) is 14.9. The lowest BCUT2D eigenvalue weighted by atomic mass is 10.1. The van der Waals surface area contributed by atoms with E-state index in [2.05, 4.69) is 0 Å². The van der Waals surface area contributed by atoms with E-state index >= 15 is 0 Å². The summed E-state index contributed by atoms with van der Waals surface area (Å²) in [5.41, 5.74) is 2.12. The minimum atomic E-state index is -0.385. The SMILES string of the molecule is CCOc1ccc(/C=C2\C=C(c3ccc(OC)c(OC)c3)OC2=O)cc1. The third kappa shape index (κ3) is 3.72. The molecule has 5 nitrogen and oxygen atoms in total. The number of esters is 1. The quantitative estimate of drug-likeness (QED) is 0.579. The smallest absolute Gasteiger partial charge is 0.343 e. The Morgan fingerprint density at radius 3 is 2.38 bits per heavy atom. The fourth-order valence-corrected chi connectivity index (χ4v) is 2.63. The van der Waals surface area contributed by atoms with Crippen molar-refractivity contribution in [1.29, 1.82) is 0 Å². The molecule has 0 atom stereocenters. The second-order valence-corrected chi connectivity index (χ2v) is 5.57. The van der Waals surface area contributed by atoms with E-state index in [0.717, 1.165) is 16.9 Å². The third-order valence-electron chi connectivity index (χ3n) is 3.91.